The van der Waals surface area contributed by atoms with Gasteiger partial charge in [-0.2, -0.15) is 0 Å². The predicted molar refractivity (Wildman–Crippen MR) is 76.2 cm³/mol. The maximum Gasteiger partial charge on any atom is 0.0897 e. The molecule has 0 spiro atoms. The Balaban J connectivity index is 3.18. The zero-order chi connectivity index (χ0) is 14.3. The van der Waals surface area contributed by atoms with Gasteiger partial charge in [0.05, 0.1) is 25.4 Å². The van der Waals surface area contributed by atoms with Crippen molar-refractivity contribution in [2.45, 2.75) is 57.7 Å². The molecule has 116 valence electrons. The van der Waals surface area contributed by atoms with Crippen molar-refractivity contribution >= 4 is 0 Å². The van der Waals surface area contributed by atoms with Crippen LogP contribution in [0.5, 0.6) is 0 Å². The van der Waals surface area contributed by atoms with Crippen molar-refractivity contribution in [1.82, 2.24) is 5.32 Å². The Morgan fingerprint density at radius 2 is 1.58 bits per heavy atom. The Morgan fingerprint density at radius 1 is 0.947 bits per heavy atom. The summed E-state index contributed by atoms with van der Waals surface area (Å²) in [5.41, 5.74) is 0. The first-order chi connectivity index (χ1) is 9.20. The molecule has 4 N–H and O–H groups in total. The Morgan fingerprint density at radius 3 is 2.26 bits per heavy atom. The minimum absolute atomic E-state index is 0.266. The molecule has 19 heavy (non-hydrogen) atoms. The summed E-state index contributed by atoms with van der Waals surface area (Å²) in [6.45, 7) is 3.61. The molecule has 0 aromatic carbocycles. The van der Waals surface area contributed by atoms with Crippen molar-refractivity contribution in [3.05, 3.63) is 0 Å². The molecule has 0 saturated carbocycles. The van der Waals surface area contributed by atoms with Crippen LogP contribution in [0.3, 0.4) is 0 Å². The van der Waals surface area contributed by atoms with Gasteiger partial charge in [0, 0.05) is 19.7 Å². The van der Waals surface area contributed by atoms with E-state index in [0.717, 1.165) is 6.42 Å². The molecule has 0 aliphatic heterocycles. The van der Waals surface area contributed by atoms with Crippen LogP contribution in [0.1, 0.15) is 45.4 Å². The molecule has 0 fully saturated rings. The quantitative estimate of drug-likeness (QED) is 0.351. The van der Waals surface area contributed by atoms with Gasteiger partial charge in [-0.05, 0) is 6.42 Å². The molecule has 0 aliphatic rings. The van der Waals surface area contributed by atoms with E-state index in [0.29, 0.717) is 19.8 Å². The maximum atomic E-state index is 9.58. The number of aliphatic hydroxyl groups excluding tert-OH is 3. The van der Waals surface area contributed by atoms with E-state index >= 15 is 0 Å². The van der Waals surface area contributed by atoms with E-state index in [1.54, 1.807) is 0 Å². The smallest absolute Gasteiger partial charge is 0.0897 e. The molecule has 0 radical (unpaired) electrons. The molecule has 2 atom stereocenters. The predicted octanol–water partition coefficient (Wildman–Crippen LogP) is 0.667. The lowest BCUT2D eigenvalue weighted by Crippen LogP contribution is -2.36. The first kappa shape index (κ1) is 18.8. The average molecular weight is 277 g/mol. The average Bonchev–Trinajstić information content (AvgIpc) is 2.41. The van der Waals surface area contributed by atoms with Crippen LogP contribution in [0, 0.1) is 0 Å². The van der Waals surface area contributed by atoms with Gasteiger partial charge in [-0.3, -0.25) is 0 Å². The molecular formula is C14H31NO4. The highest BCUT2D eigenvalue weighted by Crippen LogP contribution is 2.04. The third-order valence-electron chi connectivity index (χ3n) is 2.92. The monoisotopic (exact) mass is 277 g/mol. The van der Waals surface area contributed by atoms with E-state index in [4.69, 9.17) is 14.9 Å². The molecule has 0 bridgehead atoms. The molecule has 0 amide bonds. The van der Waals surface area contributed by atoms with Gasteiger partial charge in [0.15, 0.2) is 0 Å². The van der Waals surface area contributed by atoms with E-state index in [1.165, 1.54) is 32.1 Å². The van der Waals surface area contributed by atoms with Crippen molar-refractivity contribution in [2.75, 3.05) is 32.9 Å². The van der Waals surface area contributed by atoms with Crippen molar-refractivity contribution < 1.29 is 20.1 Å². The van der Waals surface area contributed by atoms with Crippen LogP contribution in [0.25, 0.3) is 0 Å². The maximum absolute atomic E-state index is 9.58. The minimum Gasteiger partial charge on any atom is -0.394 e. The second-order valence-corrected chi connectivity index (χ2v) is 4.99. The van der Waals surface area contributed by atoms with E-state index < -0.39 is 12.2 Å². The lowest BCUT2D eigenvalue weighted by molar-refractivity contribution is 0.0319. The summed E-state index contributed by atoms with van der Waals surface area (Å²) in [5.74, 6) is 0. The second kappa shape index (κ2) is 14.2. The number of aliphatic hydroxyl groups is 3. The van der Waals surface area contributed by atoms with Gasteiger partial charge in [-0.25, -0.2) is 0 Å². The van der Waals surface area contributed by atoms with Gasteiger partial charge in [0.1, 0.15) is 0 Å². The fourth-order valence-corrected chi connectivity index (χ4v) is 1.74. The summed E-state index contributed by atoms with van der Waals surface area (Å²) in [5, 5.41) is 30.1. The number of hydrogen-bond donors (Lipinski definition) is 4. The summed E-state index contributed by atoms with van der Waals surface area (Å²) in [4.78, 5) is 0. The van der Waals surface area contributed by atoms with E-state index in [1.807, 2.05) is 0 Å². The number of unbranched alkanes of at least 4 members (excludes halogenated alkanes) is 5. The third-order valence-corrected chi connectivity index (χ3v) is 2.92. The van der Waals surface area contributed by atoms with Gasteiger partial charge in [-0.1, -0.05) is 39.0 Å². The van der Waals surface area contributed by atoms with Crippen molar-refractivity contribution in [2.24, 2.45) is 0 Å². The largest absolute Gasteiger partial charge is 0.394 e. The van der Waals surface area contributed by atoms with Crippen LogP contribution >= 0.6 is 0 Å². The van der Waals surface area contributed by atoms with E-state index in [9.17, 15) is 5.11 Å². The van der Waals surface area contributed by atoms with E-state index in [-0.39, 0.29) is 13.2 Å². The molecule has 2 unspecified atom stereocenters. The number of nitrogens with one attached hydrogen (secondary N) is 1. The van der Waals surface area contributed by atoms with Crippen LogP contribution in [0.15, 0.2) is 0 Å². The number of rotatable bonds is 14. The summed E-state index contributed by atoms with van der Waals surface area (Å²) >= 11 is 0. The van der Waals surface area contributed by atoms with Crippen molar-refractivity contribution in [3.63, 3.8) is 0 Å². The topological polar surface area (TPSA) is 82.0 Å². The molecule has 0 rings (SSSR count). The Hall–Kier alpha value is -0.200. The molecule has 5 nitrogen and oxygen atoms in total. The van der Waals surface area contributed by atoms with Crippen LogP contribution in [-0.4, -0.2) is 60.4 Å². The van der Waals surface area contributed by atoms with Gasteiger partial charge in [0.25, 0.3) is 0 Å². The molecule has 0 aliphatic carbocycles. The molecule has 0 saturated heterocycles. The van der Waals surface area contributed by atoms with Crippen LogP contribution in [0.2, 0.25) is 0 Å². The summed E-state index contributed by atoms with van der Waals surface area (Å²) < 4.78 is 5.38. The van der Waals surface area contributed by atoms with Crippen molar-refractivity contribution in [3.8, 4) is 0 Å². The molecule has 0 heterocycles. The first-order valence-electron chi connectivity index (χ1n) is 7.46. The normalized spacial score (nSPS) is 14.5. The third kappa shape index (κ3) is 14.0. The Labute approximate surface area is 117 Å². The summed E-state index contributed by atoms with van der Waals surface area (Å²) in [6.07, 6.45) is 6.05. The van der Waals surface area contributed by atoms with Gasteiger partial charge in [0.2, 0.25) is 0 Å². The van der Waals surface area contributed by atoms with Crippen LogP contribution < -0.4 is 5.32 Å². The van der Waals surface area contributed by atoms with Crippen LogP contribution in [0.4, 0.5) is 0 Å². The standard InChI is InChI=1S/C14H31NO4/c1-2-3-4-5-6-7-8-19-12-14(18)10-15-9-13(17)11-16/h13-18H,2-12H2,1H3. The SMILES string of the molecule is CCCCCCCCOCC(O)CNCC(O)CO. The zero-order valence-corrected chi connectivity index (χ0v) is 12.2. The lowest BCUT2D eigenvalue weighted by atomic mass is 10.1. The van der Waals surface area contributed by atoms with E-state index in [2.05, 4.69) is 12.2 Å². The Kier molecular flexibility index (Phi) is 14.1. The van der Waals surface area contributed by atoms with Gasteiger partial charge in [-0.15, -0.1) is 0 Å². The highest BCUT2D eigenvalue weighted by Gasteiger charge is 2.06. The molecule has 5 heteroatoms. The molecule has 0 aromatic heterocycles. The second-order valence-electron chi connectivity index (χ2n) is 4.99. The number of hydrogen-bond acceptors (Lipinski definition) is 5. The lowest BCUT2D eigenvalue weighted by Gasteiger charge is -2.14. The van der Waals surface area contributed by atoms with Crippen molar-refractivity contribution in [1.29, 1.82) is 0 Å². The molecule has 0 aromatic rings. The fourth-order valence-electron chi connectivity index (χ4n) is 1.74. The Bertz CT molecular complexity index is 181. The van der Waals surface area contributed by atoms with Gasteiger partial charge >= 0.3 is 0 Å². The summed E-state index contributed by atoms with van der Waals surface area (Å²) in [6, 6.07) is 0. The zero-order valence-electron chi connectivity index (χ0n) is 12.2. The first-order valence-corrected chi connectivity index (χ1v) is 7.46. The van der Waals surface area contributed by atoms with Gasteiger partial charge < -0.3 is 25.4 Å². The fraction of sp³-hybridized carbons (Fsp3) is 1.00. The van der Waals surface area contributed by atoms with Crippen LogP contribution in [-0.2, 0) is 4.74 Å². The highest BCUT2D eigenvalue weighted by atomic mass is 16.5. The number of ether oxygens (including phenoxy) is 1. The summed E-state index contributed by atoms with van der Waals surface area (Å²) in [7, 11) is 0. The minimum atomic E-state index is -0.767. The highest BCUT2D eigenvalue weighted by molar-refractivity contribution is 4.62. The molecular weight excluding hydrogens is 246 g/mol.